The van der Waals surface area contributed by atoms with Gasteiger partial charge in [-0.25, -0.2) is 0 Å². The van der Waals surface area contributed by atoms with Crippen LogP contribution in [-0.4, -0.2) is 22.5 Å². The van der Waals surface area contributed by atoms with E-state index in [-0.39, 0.29) is 5.91 Å². The van der Waals surface area contributed by atoms with Crippen molar-refractivity contribution in [1.82, 2.24) is 9.97 Å². The van der Waals surface area contributed by atoms with E-state index >= 15 is 0 Å². The molecule has 18 heavy (non-hydrogen) atoms. The molecule has 92 valence electrons. The Morgan fingerprint density at radius 2 is 2.22 bits per heavy atom. The van der Waals surface area contributed by atoms with Gasteiger partial charge in [0.15, 0.2) is 0 Å². The van der Waals surface area contributed by atoms with Crippen LogP contribution in [0.5, 0.6) is 5.88 Å². The first-order chi connectivity index (χ1) is 8.79. The molecule has 0 unspecified atom stereocenters. The lowest BCUT2D eigenvalue weighted by molar-refractivity contribution is 0.102. The van der Waals surface area contributed by atoms with Crippen molar-refractivity contribution < 1.29 is 9.53 Å². The summed E-state index contributed by atoms with van der Waals surface area (Å²) in [6.45, 7) is 2.41. The predicted octanol–water partition coefficient (Wildman–Crippen LogP) is 2.13. The maximum atomic E-state index is 11.9. The Bertz CT molecular complexity index is 529. The van der Waals surface area contributed by atoms with Crippen LogP contribution in [0.1, 0.15) is 17.3 Å². The molecule has 0 aliphatic heterocycles. The zero-order valence-corrected chi connectivity index (χ0v) is 9.96. The molecule has 0 spiro atoms. The van der Waals surface area contributed by atoms with Crippen molar-refractivity contribution in [3.8, 4) is 5.88 Å². The van der Waals surface area contributed by atoms with Crippen LogP contribution in [-0.2, 0) is 0 Å². The number of hydrogen-bond acceptors (Lipinski definition) is 4. The summed E-state index contributed by atoms with van der Waals surface area (Å²) in [6, 6.07) is 8.62. The Labute approximate surface area is 105 Å². The number of ether oxygens (including phenoxy) is 1. The van der Waals surface area contributed by atoms with Gasteiger partial charge in [0.05, 0.1) is 12.2 Å². The van der Waals surface area contributed by atoms with Gasteiger partial charge in [-0.2, -0.15) is 4.98 Å². The van der Waals surface area contributed by atoms with E-state index in [0.717, 1.165) is 0 Å². The molecule has 0 radical (unpaired) electrons. The van der Waals surface area contributed by atoms with Gasteiger partial charge in [0.1, 0.15) is 5.82 Å². The van der Waals surface area contributed by atoms with Gasteiger partial charge in [0, 0.05) is 18.5 Å². The van der Waals surface area contributed by atoms with Crippen LogP contribution in [0.2, 0.25) is 0 Å². The van der Waals surface area contributed by atoms with Crippen LogP contribution in [0.3, 0.4) is 0 Å². The van der Waals surface area contributed by atoms with Gasteiger partial charge in [0.2, 0.25) is 5.88 Å². The normalized spacial score (nSPS) is 9.83. The second-order valence-electron chi connectivity index (χ2n) is 3.49. The van der Waals surface area contributed by atoms with Crippen molar-refractivity contribution in [2.45, 2.75) is 6.92 Å². The SMILES string of the molecule is CCOc1cccc(NC(=O)c2cccnc2)n1. The summed E-state index contributed by atoms with van der Waals surface area (Å²) in [4.78, 5) is 19.9. The maximum absolute atomic E-state index is 11.9. The van der Waals surface area contributed by atoms with Crippen LogP contribution < -0.4 is 10.1 Å². The quantitative estimate of drug-likeness (QED) is 0.893. The van der Waals surface area contributed by atoms with Crippen molar-refractivity contribution in [3.05, 3.63) is 48.3 Å². The second-order valence-corrected chi connectivity index (χ2v) is 3.49. The van der Waals surface area contributed by atoms with Crippen molar-refractivity contribution in [2.24, 2.45) is 0 Å². The summed E-state index contributed by atoms with van der Waals surface area (Å²) in [5.41, 5.74) is 0.487. The van der Waals surface area contributed by atoms with Crippen LogP contribution in [0.4, 0.5) is 5.82 Å². The summed E-state index contributed by atoms with van der Waals surface area (Å²) in [6.07, 6.45) is 3.12. The molecule has 0 aliphatic carbocycles. The molecule has 0 aromatic carbocycles. The fraction of sp³-hybridized carbons (Fsp3) is 0.154. The van der Waals surface area contributed by atoms with E-state index in [9.17, 15) is 4.79 Å². The first-order valence-electron chi connectivity index (χ1n) is 5.61. The fourth-order valence-corrected chi connectivity index (χ4v) is 1.40. The van der Waals surface area contributed by atoms with Gasteiger partial charge in [-0.15, -0.1) is 0 Å². The molecule has 1 amide bonds. The molecular formula is C13H13N3O2. The summed E-state index contributed by atoms with van der Waals surface area (Å²) in [5, 5.41) is 2.69. The highest BCUT2D eigenvalue weighted by Crippen LogP contribution is 2.12. The standard InChI is InChI=1S/C13H13N3O2/c1-2-18-12-7-3-6-11(15-12)16-13(17)10-5-4-8-14-9-10/h3-9H,2H2,1H3,(H,15,16,17). The highest BCUT2D eigenvalue weighted by atomic mass is 16.5. The number of nitrogens with one attached hydrogen (secondary N) is 1. The van der Waals surface area contributed by atoms with Gasteiger partial charge in [0.25, 0.3) is 5.91 Å². The molecule has 2 aromatic heterocycles. The smallest absolute Gasteiger partial charge is 0.258 e. The Morgan fingerprint density at radius 3 is 2.94 bits per heavy atom. The zero-order chi connectivity index (χ0) is 12.8. The summed E-state index contributed by atoms with van der Waals surface area (Å²) in [5.74, 6) is 0.695. The second kappa shape index (κ2) is 5.77. The van der Waals surface area contributed by atoms with Crippen LogP contribution in [0.25, 0.3) is 0 Å². The van der Waals surface area contributed by atoms with E-state index in [0.29, 0.717) is 23.9 Å². The average Bonchev–Trinajstić information content (AvgIpc) is 2.40. The molecule has 1 N–H and O–H groups in total. The highest BCUT2D eigenvalue weighted by Gasteiger charge is 2.06. The van der Waals surface area contributed by atoms with Gasteiger partial charge in [-0.3, -0.25) is 9.78 Å². The van der Waals surface area contributed by atoms with Crippen molar-refractivity contribution in [1.29, 1.82) is 0 Å². The third kappa shape index (κ3) is 3.04. The number of pyridine rings is 2. The number of aromatic nitrogens is 2. The Kier molecular flexibility index (Phi) is 3.86. The number of carbonyl (C=O) groups is 1. The minimum absolute atomic E-state index is 0.246. The summed E-state index contributed by atoms with van der Waals surface area (Å²) >= 11 is 0. The molecule has 0 fully saturated rings. The predicted molar refractivity (Wildman–Crippen MR) is 67.6 cm³/mol. The molecule has 2 heterocycles. The van der Waals surface area contributed by atoms with Gasteiger partial charge in [-0.1, -0.05) is 6.07 Å². The Morgan fingerprint density at radius 1 is 1.33 bits per heavy atom. The third-order valence-corrected chi connectivity index (χ3v) is 2.18. The molecule has 0 aliphatic rings. The summed E-state index contributed by atoms with van der Waals surface area (Å²) < 4.78 is 5.26. The van der Waals surface area contributed by atoms with Crippen LogP contribution in [0, 0.1) is 0 Å². The average molecular weight is 243 g/mol. The van der Waals surface area contributed by atoms with Crippen molar-refractivity contribution >= 4 is 11.7 Å². The van der Waals surface area contributed by atoms with Gasteiger partial charge < -0.3 is 10.1 Å². The Hall–Kier alpha value is -2.43. The lowest BCUT2D eigenvalue weighted by Gasteiger charge is -2.06. The topological polar surface area (TPSA) is 64.1 Å². The third-order valence-electron chi connectivity index (χ3n) is 2.18. The molecule has 5 nitrogen and oxygen atoms in total. The first kappa shape index (κ1) is 12.0. The molecule has 0 saturated carbocycles. The van der Waals surface area contributed by atoms with Gasteiger partial charge >= 0.3 is 0 Å². The monoisotopic (exact) mass is 243 g/mol. The molecule has 2 aromatic rings. The number of rotatable bonds is 4. The first-order valence-corrected chi connectivity index (χ1v) is 5.61. The molecule has 0 bridgehead atoms. The highest BCUT2D eigenvalue weighted by molar-refractivity contribution is 6.03. The van der Waals surface area contributed by atoms with E-state index in [4.69, 9.17) is 4.74 Å². The maximum Gasteiger partial charge on any atom is 0.258 e. The number of carbonyl (C=O) groups excluding carboxylic acids is 1. The molecule has 0 saturated heterocycles. The number of hydrogen-bond donors (Lipinski definition) is 1. The van der Waals surface area contributed by atoms with Crippen LogP contribution in [0.15, 0.2) is 42.7 Å². The van der Waals surface area contributed by atoms with Gasteiger partial charge in [-0.05, 0) is 25.1 Å². The zero-order valence-electron chi connectivity index (χ0n) is 9.96. The summed E-state index contributed by atoms with van der Waals surface area (Å²) in [7, 11) is 0. The van der Waals surface area contributed by atoms with E-state index < -0.39 is 0 Å². The molecule has 0 atom stereocenters. The van der Waals surface area contributed by atoms with Crippen molar-refractivity contribution in [3.63, 3.8) is 0 Å². The molecular weight excluding hydrogens is 230 g/mol. The van der Waals surface area contributed by atoms with Crippen LogP contribution >= 0.6 is 0 Å². The lowest BCUT2D eigenvalue weighted by Crippen LogP contribution is -2.13. The fourth-order valence-electron chi connectivity index (χ4n) is 1.40. The largest absolute Gasteiger partial charge is 0.478 e. The van der Waals surface area contributed by atoms with E-state index in [1.165, 1.54) is 6.20 Å². The van der Waals surface area contributed by atoms with Crippen molar-refractivity contribution in [2.75, 3.05) is 11.9 Å². The molecule has 2 rings (SSSR count). The number of amides is 1. The van der Waals surface area contributed by atoms with E-state index in [2.05, 4.69) is 15.3 Å². The Balaban J connectivity index is 2.10. The van der Waals surface area contributed by atoms with E-state index in [1.807, 2.05) is 6.92 Å². The minimum atomic E-state index is -0.246. The number of anilines is 1. The van der Waals surface area contributed by atoms with E-state index in [1.54, 1.807) is 36.5 Å². The minimum Gasteiger partial charge on any atom is -0.478 e. The number of nitrogens with zero attached hydrogens (tertiary/aromatic N) is 2. The lowest BCUT2D eigenvalue weighted by atomic mass is 10.3. The molecule has 5 heteroatoms.